The minimum Gasteiger partial charge on any atom is -0.377 e. The highest BCUT2D eigenvalue weighted by molar-refractivity contribution is 5.13. The molecule has 1 unspecified atom stereocenters. The Morgan fingerprint density at radius 1 is 1.25 bits per heavy atom. The maximum Gasteiger partial charge on any atom is 0.118 e. The topological polar surface area (TPSA) is 9.23 Å². The van der Waals surface area contributed by atoms with Crippen LogP contribution in [0.25, 0.3) is 0 Å². The lowest BCUT2D eigenvalue weighted by Gasteiger charge is -2.05. The van der Waals surface area contributed by atoms with E-state index in [1.54, 1.807) is 0 Å². The van der Waals surface area contributed by atoms with Gasteiger partial charge in [0.25, 0.3) is 0 Å². The molecule has 1 aromatic carbocycles. The van der Waals surface area contributed by atoms with E-state index in [0.717, 1.165) is 12.8 Å². The van der Waals surface area contributed by atoms with Crippen molar-refractivity contribution in [2.24, 2.45) is 0 Å². The Balaban J connectivity index is 1.98. The van der Waals surface area contributed by atoms with E-state index in [-0.39, 0.29) is 0 Å². The van der Waals surface area contributed by atoms with Crippen LogP contribution in [-0.4, -0.2) is 12.8 Å². The molecule has 0 aliphatic rings. The van der Waals surface area contributed by atoms with Crippen molar-refractivity contribution in [3.8, 4) is 0 Å². The number of halogens is 1. The Labute approximate surface area is 96.9 Å². The zero-order valence-corrected chi connectivity index (χ0v) is 9.57. The first-order valence-corrected chi connectivity index (χ1v) is 5.71. The van der Waals surface area contributed by atoms with Gasteiger partial charge in [0.05, 0.1) is 6.61 Å². The van der Waals surface area contributed by atoms with Crippen LogP contribution >= 0.6 is 0 Å². The van der Waals surface area contributed by atoms with Crippen LogP contribution < -0.4 is 0 Å². The smallest absolute Gasteiger partial charge is 0.118 e. The molecule has 0 aliphatic carbocycles. The number of hydrogen-bond donors (Lipinski definition) is 0. The van der Waals surface area contributed by atoms with Gasteiger partial charge in [0.15, 0.2) is 0 Å². The van der Waals surface area contributed by atoms with Crippen LogP contribution in [0.15, 0.2) is 43.0 Å². The highest BCUT2D eigenvalue weighted by atomic mass is 19.1. The van der Waals surface area contributed by atoms with Gasteiger partial charge in [-0.2, -0.15) is 0 Å². The zero-order valence-electron chi connectivity index (χ0n) is 9.57. The molecule has 0 aliphatic heterocycles. The van der Waals surface area contributed by atoms with Gasteiger partial charge in [0.2, 0.25) is 0 Å². The average Bonchev–Trinajstić information content (AvgIpc) is 2.34. The molecule has 1 aromatic rings. The van der Waals surface area contributed by atoms with Gasteiger partial charge in [-0.1, -0.05) is 36.4 Å². The van der Waals surface area contributed by atoms with Crippen LogP contribution in [0.5, 0.6) is 0 Å². The lowest BCUT2D eigenvalue weighted by atomic mass is 10.2. The average molecular weight is 222 g/mol. The van der Waals surface area contributed by atoms with Crippen LogP contribution in [0.2, 0.25) is 0 Å². The van der Waals surface area contributed by atoms with E-state index in [2.05, 4.69) is 6.58 Å². The van der Waals surface area contributed by atoms with Gasteiger partial charge in [0, 0.05) is 6.61 Å². The second-order valence-electron chi connectivity index (χ2n) is 3.79. The number of benzene rings is 1. The highest BCUT2D eigenvalue weighted by Gasteiger charge is 1.99. The summed E-state index contributed by atoms with van der Waals surface area (Å²) in [5.41, 5.74) is 1.18. The van der Waals surface area contributed by atoms with Crippen LogP contribution in [-0.2, 0) is 11.3 Å². The van der Waals surface area contributed by atoms with Crippen LogP contribution in [0.3, 0.4) is 0 Å². The fraction of sp³-hybridized carbons (Fsp3) is 0.429. The van der Waals surface area contributed by atoms with Gasteiger partial charge in [0.1, 0.15) is 6.17 Å². The van der Waals surface area contributed by atoms with Crippen molar-refractivity contribution in [1.82, 2.24) is 0 Å². The van der Waals surface area contributed by atoms with E-state index in [1.807, 2.05) is 30.3 Å². The summed E-state index contributed by atoms with van der Waals surface area (Å²) in [6.07, 6.45) is 2.79. The molecule has 0 aromatic heterocycles. The maximum absolute atomic E-state index is 12.7. The molecule has 2 heteroatoms. The number of alkyl halides is 1. The largest absolute Gasteiger partial charge is 0.377 e. The molecule has 0 spiro atoms. The summed E-state index contributed by atoms with van der Waals surface area (Å²) < 4.78 is 18.2. The molecule has 0 fully saturated rings. The van der Waals surface area contributed by atoms with Gasteiger partial charge in [-0.3, -0.25) is 0 Å². The Morgan fingerprint density at radius 3 is 2.69 bits per heavy atom. The first-order valence-electron chi connectivity index (χ1n) is 5.71. The van der Waals surface area contributed by atoms with Crippen LogP contribution in [0.1, 0.15) is 24.8 Å². The lowest BCUT2D eigenvalue weighted by molar-refractivity contribution is 0.115. The van der Waals surface area contributed by atoms with Crippen molar-refractivity contribution in [2.45, 2.75) is 32.0 Å². The fourth-order valence-electron chi connectivity index (χ4n) is 1.43. The molecule has 0 N–H and O–H groups in total. The number of hydrogen-bond acceptors (Lipinski definition) is 1. The Hall–Kier alpha value is -1.15. The van der Waals surface area contributed by atoms with Crippen molar-refractivity contribution in [2.75, 3.05) is 6.61 Å². The molecule has 16 heavy (non-hydrogen) atoms. The molecule has 1 nitrogen and oxygen atoms in total. The number of allylic oxidation sites excluding steroid dienone is 1. The standard InChI is InChI=1S/C14H19FO/c1-2-14(15)10-6-7-11-16-12-13-8-4-3-5-9-13/h2-5,8-9,14H,1,6-7,10-12H2. The molecule has 0 saturated heterocycles. The predicted octanol–water partition coefficient (Wildman–Crippen LogP) is 3.90. The Kier molecular flexibility index (Phi) is 6.50. The lowest BCUT2D eigenvalue weighted by Crippen LogP contribution is -1.98. The first-order chi connectivity index (χ1) is 7.83. The highest BCUT2D eigenvalue weighted by Crippen LogP contribution is 2.06. The molecule has 0 heterocycles. The summed E-state index contributed by atoms with van der Waals surface area (Å²) in [6, 6.07) is 10.1. The minimum atomic E-state index is -0.867. The monoisotopic (exact) mass is 222 g/mol. The summed E-state index contributed by atoms with van der Waals surface area (Å²) in [5.74, 6) is 0. The van der Waals surface area contributed by atoms with Gasteiger partial charge < -0.3 is 4.74 Å². The fourth-order valence-corrected chi connectivity index (χ4v) is 1.43. The Morgan fingerprint density at radius 2 is 2.00 bits per heavy atom. The predicted molar refractivity (Wildman–Crippen MR) is 65.0 cm³/mol. The Bertz CT molecular complexity index is 284. The quantitative estimate of drug-likeness (QED) is 0.479. The second-order valence-corrected chi connectivity index (χ2v) is 3.79. The van der Waals surface area contributed by atoms with Crippen molar-refractivity contribution in [3.63, 3.8) is 0 Å². The van der Waals surface area contributed by atoms with Gasteiger partial charge >= 0.3 is 0 Å². The summed E-state index contributed by atoms with van der Waals surface area (Å²) in [6.45, 7) is 4.74. The van der Waals surface area contributed by atoms with Crippen molar-refractivity contribution in [3.05, 3.63) is 48.6 Å². The molecule has 0 radical (unpaired) electrons. The number of unbranched alkanes of at least 4 members (excludes halogenated alkanes) is 1. The van der Waals surface area contributed by atoms with E-state index < -0.39 is 6.17 Å². The van der Waals surface area contributed by atoms with Gasteiger partial charge in [-0.25, -0.2) is 4.39 Å². The van der Waals surface area contributed by atoms with Gasteiger partial charge in [-0.15, -0.1) is 6.58 Å². The van der Waals surface area contributed by atoms with Crippen LogP contribution in [0.4, 0.5) is 4.39 Å². The second kappa shape index (κ2) is 8.05. The van der Waals surface area contributed by atoms with E-state index in [1.165, 1.54) is 11.6 Å². The zero-order chi connectivity index (χ0) is 11.6. The molecule has 0 amide bonds. The molecule has 88 valence electrons. The van der Waals surface area contributed by atoms with Crippen molar-refractivity contribution < 1.29 is 9.13 Å². The molecule has 1 rings (SSSR count). The molecule has 0 saturated carbocycles. The van der Waals surface area contributed by atoms with Crippen molar-refractivity contribution >= 4 is 0 Å². The summed E-state index contributed by atoms with van der Waals surface area (Å²) >= 11 is 0. The summed E-state index contributed by atoms with van der Waals surface area (Å²) in [5, 5.41) is 0. The summed E-state index contributed by atoms with van der Waals surface area (Å²) in [7, 11) is 0. The normalized spacial score (nSPS) is 12.3. The van der Waals surface area contributed by atoms with E-state index in [0.29, 0.717) is 19.6 Å². The van der Waals surface area contributed by atoms with Crippen LogP contribution in [0, 0.1) is 0 Å². The third kappa shape index (κ3) is 5.66. The van der Waals surface area contributed by atoms with Gasteiger partial charge in [-0.05, 0) is 24.8 Å². The summed E-state index contributed by atoms with van der Waals surface area (Å²) in [4.78, 5) is 0. The maximum atomic E-state index is 12.7. The molecular weight excluding hydrogens is 203 g/mol. The molecule has 0 bridgehead atoms. The van der Waals surface area contributed by atoms with E-state index in [4.69, 9.17) is 4.74 Å². The van der Waals surface area contributed by atoms with E-state index >= 15 is 0 Å². The third-order valence-corrected chi connectivity index (χ3v) is 2.39. The third-order valence-electron chi connectivity index (χ3n) is 2.39. The minimum absolute atomic E-state index is 0.554. The SMILES string of the molecule is C=CC(F)CCCCOCc1ccccc1. The number of ether oxygens (including phenoxy) is 1. The number of rotatable bonds is 8. The first kappa shape index (κ1) is 12.9. The van der Waals surface area contributed by atoms with E-state index in [9.17, 15) is 4.39 Å². The van der Waals surface area contributed by atoms with Crippen molar-refractivity contribution in [1.29, 1.82) is 0 Å². The molecule has 1 atom stereocenters. The molecular formula is C14H19FO.